The summed E-state index contributed by atoms with van der Waals surface area (Å²) in [4.78, 5) is 12.0. The molecule has 0 radical (unpaired) electrons. The number of halogens is 3. The molecule has 100 valence electrons. The molecule has 6 heteroatoms. The van der Waals surface area contributed by atoms with Crippen molar-refractivity contribution in [2.24, 2.45) is 0 Å². The number of carbonyl (C=O) groups is 1. The van der Waals surface area contributed by atoms with Gasteiger partial charge in [0.25, 0.3) is 5.91 Å². The van der Waals surface area contributed by atoms with E-state index in [0.29, 0.717) is 10.6 Å². The molecule has 2 rings (SSSR count). The Morgan fingerprint density at radius 2 is 2.28 bits per heavy atom. The molecule has 1 aromatic rings. The Bertz CT molecular complexity index is 423. The normalized spacial score (nSPS) is 18.9. The number of carbonyl (C=O) groups excluding carboxylic acids is 1. The van der Waals surface area contributed by atoms with Gasteiger partial charge in [-0.25, -0.2) is 0 Å². The minimum absolute atomic E-state index is 0. The molecule has 0 saturated carbocycles. The summed E-state index contributed by atoms with van der Waals surface area (Å²) in [5.74, 6) is -0.0201. The average molecular weight is 401 g/mol. The Hall–Kier alpha value is -0.0400. The van der Waals surface area contributed by atoms with Gasteiger partial charge >= 0.3 is 0 Å². The first-order valence-corrected chi connectivity index (χ1v) is 7.09. The van der Waals surface area contributed by atoms with Crippen LogP contribution in [0.3, 0.4) is 0 Å². The van der Waals surface area contributed by atoms with Crippen molar-refractivity contribution in [2.75, 3.05) is 13.1 Å². The average Bonchev–Trinajstić information content (AvgIpc) is 2.34. The van der Waals surface area contributed by atoms with E-state index in [9.17, 15) is 4.79 Å². The lowest BCUT2D eigenvalue weighted by Crippen LogP contribution is -2.45. The van der Waals surface area contributed by atoms with Crippen LogP contribution in [0.1, 0.15) is 23.2 Å². The van der Waals surface area contributed by atoms with Gasteiger partial charge < -0.3 is 10.6 Å². The maximum atomic E-state index is 12.0. The van der Waals surface area contributed by atoms with Crippen LogP contribution in [0.15, 0.2) is 18.2 Å². The summed E-state index contributed by atoms with van der Waals surface area (Å²) in [6, 6.07) is 5.58. The van der Waals surface area contributed by atoms with E-state index < -0.39 is 0 Å². The maximum Gasteiger partial charge on any atom is 0.251 e. The van der Waals surface area contributed by atoms with Crippen LogP contribution in [-0.2, 0) is 0 Å². The molecule has 1 amide bonds. The van der Waals surface area contributed by atoms with Gasteiger partial charge in [-0.15, -0.1) is 12.4 Å². The summed E-state index contributed by atoms with van der Waals surface area (Å²) >= 11 is 8.06. The van der Waals surface area contributed by atoms with Crippen molar-refractivity contribution in [3.63, 3.8) is 0 Å². The molecule has 18 heavy (non-hydrogen) atoms. The second-order valence-electron chi connectivity index (χ2n) is 4.15. The summed E-state index contributed by atoms with van der Waals surface area (Å²) in [5, 5.41) is 6.99. The van der Waals surface area contributed by atoms with Gasteiger partial charge in [-0.3, -0.25) is 4.79 Å². The van der Waals surface area contributed by atoms with E-state index in [1.165, 1.54) is 0 Å². The molecule has 0 aromatic heterocycles. The first-order valence-electron chi connectivity index (χ1n) is 5.63. The maximum absolute atomic E-state index is 12.0. The van der Waals surface area contributed by atoms with Crippen LogP contribution in [0.2, 0.25) is 5.02 Å². The first-order chi connectivity index (χ1) is 8.16. The molecule has 1 fully saturated rings. The quantitative estimate of drug-likeness (QED) is 0.749. The first kappa shape index (κ1) is 16.0. The van der Waals surface area contributed by atoms with Crippen molar-refractivity contribution < 1.29 is 4.79 Å². The van der Waals surface area contributed by atoms with Crippen molar-refractivity contribution in [1.82, 2.24) is 10.6 Å². The van der Waals surface area contributed by atoms with Gasteiger partial charge in [-0.2, -0.15) is 0 Å². The van der Waals surface area contributed by atoms with Gasteiger partial charge in [0.15, 0.2) is 0 Å². The summed E-state index contributed by atoms with van der Waals surface area (Å²) in [6.07, 6.45) is 2.16. The number of rotatable bonds is 2. The molecule has 1 atom stereocenters. The van der Waals surface area contributed by atoms with Gasteiger partial charge in [0.2, 0.25) is 0 Å². The van der Waals surface area contributed by atoms with Gasteiger partial charge in [-0.05, 0) is 60.2 Å². The van der Waals surface area contributed by atoms with E-state index >= 15 is 0 Å². The molecule has 1 heterocycles. The lowest BCUT2D eigenvalue weighted by molar-refractivity contribution is 0.0930. The van der Waals surface area contributed by atoms with Crippen LogP contribution in [0.5, 0.6) is 0 Å². The zero-order valence-electron chi connectivity index (χ0n) is 9.71. The number of hydrogen-bond donors (Lipinski definition) is 2. The highest BCUT2D eigenvalue weighted by molar-refractivity contribution is 14.1. The number of hydrogen-bond acceptors (Lipinski definition) is 2. The molecule has 0 spiro atoms. The second kappa shape index (κ2) is 7.53. The number of piperidine rings is 1. The summed E-state index contributed by atoms with van der Waals surface area (Å²) in [7, 11) is 0. The van der Waals surface area contributed by atoms with Gasteiger partial charge in [0.1, 0.15) is 0 Å². The second-order valence-corrected chi connectivity index (χ2v) is 5.72. The Morgan fingerprint density at radius 3 is 2.89 bits per heavy atom. The van der Waals surface area contributed by atoms with Crippen LogP contribution in [-0.4, -0.2) is 25.0 Å². The molecule has 1 aliphatic heterocycles. The number of amides is 1. The van der Waals surface area contributed by atoms with Crippen LogP contribution in [0.25, 0.3) is 0 Å². The third kappa shape index (κ3) is 4.26. The fourth-order valence-electron chi connectivity index (χ4n) is 1.88. The summed E-state index contributed by atoms with van der Waals surface area (Å²) < 4.78 is 0.902. The van der Waals surface area contributed by atoms with Gasteiger partial charge in [-0.1, -0.05) is 11.6 Å². The Balaban J connectivity index is 0.00000162. The fraction of sp³-hybridized carbons (Fsp3) is 0.417. The molecular weight excluding hydrogens is 386 g/mol. The Morgan fingerprint density at radius 1 is 1.50 bits per heavy atom. The van der Waals surface area contributed by atoms with Gasteiger partial charge in [0.05, 0.1) is 5.02 Å². The standard InChI is InChI=1S/C12H14ClIN2O.ClH/c13-10-4-3-8(6-11(10)14)12(17)16-9-2-1-5-15-7-9;/h3-4,6,9,15H,1-2,5,7H2,(H,16,17);1H. The molecule has 1 aromatic carbocycles. The minimum Gasteiger partial charge on any atom is -0.348 e. The predicted octanol–water partition coefficient (Wildman–Crippen LogP) is 2.85. The zero-order chi connectivity index (χ0) is 12.3. The SMILES string of the molecule is Cl.O=C(NC1CCCNC1)c1ccc(Cl)c(I)c1. The zero-order valence-corrected chi connectivity index (χ0v) is 13.4. The summed E-state index contributed by atoms with van der Waals surface area (Å²) in [6.45, 7) is 1.90. The van der Waals surface area contributed by atoms with Crippen molar-refractivity contribution in [2.45, 2.75) is 18.9 Å². The molecular formula is C12H15Cl2IN2O. The topological polar surface area (TPSA) is 41.1 Å². The van der Waals surface area contributed by atoms with E-state index in [1.807, 2.05) is 6.07 Å². The van der Waals surface area contributed by atoms with Gasteiger partial charge in [0, 0.05) is 21.7 Å². The highest BCUT2D eigenvalue weighted by Crippen LogP contribution is 2.19. The highest BCUT2D eigenvalue weighted by Gasteiger charge is 2.16. The van der Waals surface area contributed by atoms with E-state index in [1.54, 1.807) is 12.1 Å². The molecule has 3 nitrogen and oxygen atoms in total. The van der Waals surface area contributed by atoms with E-state index in [0.717, 1.165) is 29.5 Å². The smallest absolute Gasteiger partial charge is 0.251 e. The van der Waals surface area contributed by atoms with Crippen molar-refractivity contribution in [1.29, 1.82) is 0 Å². The molecule has 0 bridgehead atoms. The largest absolute Gasteiger partial charge is 0.348 e. The van der Waals surface area contributed by atoms with Crippen LogP contribution < -0.4 is 10.6 Å². The van der Waals surface area contributed by atoms with Crippen molar-refractivity contribution >= 4 is 52.5 Å². The Kier molecular flexibility index (Phi) is 6.70. The number of nitrogens with one attached hydrogen (secondary N) is 2. The molecule has 1 aliphatic rings. The van der Waals surface area contributed by atoms with E-state index in [2.05, 4.69) is 33.2 Å². The van der Waals surface area contributed by atoms with Crippen LogP contribution in [0, 0.1) is 3.57 Å². The summed E-state index contributed by atoms with van der Waals surface area (Å²) in [5.41, 5.74) is 0.671. The monoisotopic (exact) mass is 400 g/mol. The molecule has 0 aliphatic carbocycles. The molecule has 2 N–H and O–H groups in total. The van der Waals surface area contributed by atoms with Crippen molar-refractivity contribution in [3.05, 3.63) is 32.4 Å². The van der Waals surface area contributed by atoms with Crippen LogP contribution >= 0.6 is 46.6 Å². The molecule has 1 unspecified atom stereocenters. The third-order valence-electron chi connectivity index (χ3n) is 2.81. The third-order valence-corrected chi connectivity index (χ3v) is 4.35. The fourth-order valence-corrected chi connectivity index (χ4v) is 2.51. The van der Waals surface area contributed by atoms with E-state index in [-0.39, 0.29) is 24.4 Å². The minimum atomic E-state index is -0.0201. The lowest BCUT2D eigenvalue weighted by Gasteiger charge is -2.23. The van der Waals surface area contributed by atoms with E-state index in [4.69, 9.17) is 11.6 Å². The van der Waals surface area contributed by atoms with Crippen LogP contribution in [0.4, 0.5) is 0 Å². The number of benzene rings is 1. The predicted molar refractivity (Wildman–Crippen MR) is 84.8 cm³/mol. The lowest BCUT2D eigenvalue weighted by atomic mass is 10.1. The molecule has 1 saturated heterocycles. The van der Waals surface area contributed by atoms with Crippen molar-refractivity contribution in [3.8, 4) is 0 Å². The Labute approximate surface area is 132 Å². The highest BCUT2D eigenvalue weighted by atomic mass is 127.